The molecule has 0 bridgehead atoms. The zero-order chi connectivity index (χ0) is 19.0. The SMILES string of the molecule is CC(=O)c1ccc(C(=O)N2CCN(c3nc4c(F)cccc4s3)CC2)cc1. The second-order valence-electron chi connectivity index (χ2n) is 6.50. The Kier molecular flexibility index (Phi) is 4.61. The molecule has 0 saturated carbocycles. The van der Waals surface area contributed by atoms with Gasteiger partial charge in [0.15, 0.2) is 10.9 Å². The Bertz CT molecular complexity index is 1010. The maximum absolute atomic E-state index is 13.9. The molecule has 0 N–H and O–H groups in total. The van der Waals surface area contributed by atoms with Gasteiger partial charge in [-0.3, -0.25) is 9.59 Å². The fourth-order valence-corrected chi connectivity index (χ4v) is 4.20. The Morgan fingerprint density at radius 3 is 2.30 bits per heavy atom. The topological polar surface area (TPSA) is 53.5 Å². The quantitative estimate of drug-likeness (QED) is 0.649. The highest BCUT2D eigenvalue weighted by Crippen LogP contribution is 2.30. The molecule has 1 fully saturated rings. The number of benzene rings is 2. The zero-order valence-electron chi connectivity index (χ0n) is 14.8. The van der Waals surface area contributed by atoms with Gasteiger partial charge in [0.2, 0.25) is 0 Å². The van der Waals surface area contributed by atoms with Gasteiger partial charge < -0.3 is 9.80 Å². The molecule has 4 rings (SSSR count). The zero-order valence-corrected chi connectivity index (χ0v) is 15.6. The molecular weight excluding hydrogens is 365 g/mol. The second-order valence-corrected chi connectivity index (χ2v) is 7.50. The van der Waals surface area contributed by atoms with Crippen LogP contribution < -0.4 is 4.90 Å². The van der Waals surface area contributed by atoms with E-state index in [4.69, 9.17) is 0 Å². The van der Waals surface area contributed by atoms with Crippen molar-refractivity contribution in [2.75, 3.05) is 31.1 Å². The van der Waals surface area contributed by atoms with Crippen LogP contribution in [0.1, 0.15) is 27.6 Å². The first-order valence-electron chi connectivity index (χ1n) is 8.73. The molecule has 0 unspecified atom stereocenters. The third kappa shape index (κ3) is 3.42. The van der Waals surface area contributed by atoms with E-state index in [1.54, 1.807) is 35.2 Å². The number of Topliss-reactive ketones (excluding diaryl/α,β-unsaturated/α-hetero) is 1. The monoisotopic (exact) mass is 383 g/mol. The largest absolute Gasteiger partial charge is 0.345 e. The van der Waals surface area contributed by atoms with Gasteiger partial charge >= 0.3 is 0 Å². The highest BCUT2D eigenvalue weighted by atomic mass is 32.1. The number of ketones is 1. The first-order valence-corrected chi connectivity index (χ1v) is 9.55. The number of piperazine rings is 1. The van der Waals surface area contributed by atoms with Gasteiger partial charge in [0.05, 0.1) is 4.70 Å². The summed E-state index contributed by atoms with van der Waals surface area (Å²) in [6.07, 6.45) is 0. The molecule has 3 aromatic rings. The second kappa shape index (κ2) is 7.08. The van der Waals surface area contributed by atoms with Crippen molar-refractivity contribution >= 4 is 38.4 Å². The van der Waals surface area contributed by atoms with Crippen molar-refractivity contribution < 1.29 is 14.0 Å². The molecule has 5 nitrogen and oxygen atoms in total. The number of amides is 1. The average Bonchev–Trinajstić information content (AvgIpc) is 3.13. The molecule has 1 aliphatic heterocycles. The summed E-state index contributed by atoms with van der Waals surface area (Å²) in [5, 5.41) is 0.785. The van der Waals surface area contributed by atoms with Crippen molar-refractivity contribution in [2.24, 2.45) is 0 Å². The van der Waals surface area contributed by atoms with Gasteiger partial charge in [0, 0.05) is 37.3 Å². The number of para-hydroxylation sites is 1. The van der Waals surface area contributed by atoms with E-state index in [0.29, 0.717) is 42.8 Å². The fourth-order valence-electron chi connectivity index (χ4n) is 3.17. The third-order valence-corrected chi connectivity index (χ3v) is 5.82. The van der Waals surface area contributed by atoms with Crippen LogP contribution in [0.25, 0.3) is 10.2 Å². The molecule has 7 heteroatoms. The molecule has 1 aliphatic rings. The number of hydrogen-bond acceptors (Lipinski definition) is 5. The normalized spacial score (nSPS) is 14.6. The first kappa shape index (κ1) is 17.6. The number of rotatable bonds is 3. The van der Waals surface area contributed by atoms with Gasteiger partial charge in [-0.15, -0.1) is 0 Å². The van der Waals surface area contributed by atoms with E-state index in [-0.39, 0.29) is 17.5 Å². The summed E-state index contributed by atoms with van der Waals surface area (Å²) in [6, 6.07) is 11.7. The van der Waals surface area contributed by atoms with Crippen LogP contribution in [-0.4, -0.2) is 47.8 Å². The molecular formula is C20H18FN3O2S. The average molecular weight is 383 g/mol. The van der Waals surface area contributed by atoms with Crippen LogP contribution >= 0.6 is 11.3 Å². The van der Waals surface area contributed by atoms with Gasteiger partial charge in [0.25, 0.3) is 5.91 Å². The van der Waals surface area contributed by atoms with Crippen molar-refractivity contribution in [3.05, 3.63) is 59.4 Å². The van der Waals surface area contributed by atoms with Crippen LogP contribution in [-0.2, 0) is 0 Å². The van der Waals surface area contributed by atoms with E-state index in [1.807, 2.05) is 6.07 Å². The number of anilines is 1. The van der Waals surface area contributed by atoms with Crippen LogP contribution in [0, 0.1) is 5.82 Å². The van der Waals surface area contributed by atoms with Gasteiger partial charge in [-0.05, 0) is 31.2 Å². The Morgan fingerprint density at radius 1 is 1.00 bits per heavy atom. The molecule has 0 spiro atoms. The number of carbonyl (C=O) groups is 2. The molecule has 1 aromatic heterocycles. The lowest BCUT2D eigenvalue weighted by atomic mass is 10.1. The van der Waals surface area contributed by atoms with Gasteiger partial charge in [0.1, 0.15) is 11.3 Å². The minimum atomic E-state index is -0.308. The highest BCUT2D eigenvalue weighted by Gasteiger charge is 2.24. The lowest BCUT2D eigenvalue weighted by molar-refractivity contribution is 0.0746. The third-order valence-electron chi connectivity index (χ3n) is 4.73. The Hall–Kier alpha value is -2.80. The van der Waals surface area contributed by atoms with Gasteiger partial charge in [-0.1, -0.05) is 29.5 Å². The van der Waals surface area contributed by atoms with E-state index in [9.17, 15) is 14.0 Å². The predicted molar refractivity (Wildman–Crippen MR) is 104 cm³/mol. The van der Waals surface area contributed by atoms with Crippen molar-refractivity contribution in [3.63, 3.8) is 0 Å². The van der Waals surface area contributed by atoms with Crippen molar-refractivity contribution in [1.29, 1.82) is 0 Å². The fraction of sp³-hybridized carbons (Fsp3) is 0.250. The van der Waals surface area contributed by atoms with E-state index < -0.39 is 0 Å². The Morgan fingerprint density at radius 2 is 1.67 bits per heavy atom. The number of fused-ring (bicyclic) bond motifs is 1. The maximum Gasteiger partial charge on any atom is 0.253 e. The van der Waals surface area contributed by atoms with Crippen molar-refractivity contribution in [2.45, 2.75) is 6.92 Å². The van der Waals surface area contributed by atoms with Crippen LogP contribution in [0.5, 0.6) is 0 Å². The maximum atomic E-state index is 13.9. The number of nitrogens with zero attached hydrogens (tertiary/aromatic N) is 3. The van der Waals surface area contributed by atoms with Crippen molar-refractivity contribution in [3.8, 4) is 0 Å². The minimum absolute atomic E-state index is 0.0186. The molecule has 0 radical (unpaired) electrons. The number of carbonyl (C=O) groups excluding carboxylic acids is 2. The van der Waals surface area contributed by atoms with Crippen molar-refractivity contribution in [1.82, 2.24) is 9.88 Å². The lowest BCUT2D eigenvalue weighted by Crippen LogP contribution is -2.48. The molecule has 0 aliphatic carbocycles. The summed E-state index contributed by atoms with van der Waals surface area (Å²) in [6.45, 7) is 3.96. The smallest absolute Gasteiger partial charge is 0.253 e. The number of hydrogen-bond donors (Lipinski definition) is 0. The molecule has 1 saturated heterocycles. The van der Waals surface area contributed by atoms with Gasteiger partial charge in [-0.2, -0.15) is 0 Å². The molecule has 138 valence electrons. The first-order chi connectivity index (χ1) is 13.0. The summed E-state index contributed by atoms with van der Waals surface area (Å²) >= 11 is 1.47. The number of thiazole rings is 1. The molecule has 1 amide bonds. The van der Waals surface area contributed by atoms with E-state index in [0.717, 1.165) is 9.83 Å². The Balaban J connectivity index is 1.44. The molecule has 2 heterocycles. The van der Waals surface area contributed by atoms with E-state index >= 15 is 0 Å². The predicted octanol–water partition coefficient (Wildman–Crippen LogP) is 3.60. The molecule has 2 aromatic carbocycles. The van der Waals surface area contributed by atoms with Gasteiger partial charge in [-0.25, -0.2) is 9.37 Å². The Labute approximate surface area is 160 Å². The molecule has 27 heavy (non-hydrogen) atoms. The van der Waals surface area contributed by atoms with E-state index in [2.05, 4.69) is 9.88 Å². The summed E-state index contributed by atoms with van der Waals surface area (Å²) in [4.78, 5) is 32.3. The summed E-state index contributed by atoms with van der Waals surface area (Å²) < 4.78 is 14.7. The van der Waals surface area contributed by atoms with Crippen LogP contribution in [0.3, 0.4) is 0 Å². The van der Waals surface area contributed by atoms with E-state index in [1.165, 1.54) is 24.3 Å². The highest BCUT2D eigenvalue weighted by molar-refractivity contribution is 7.22. The summed E-state index contributed by atoms with van der Waals surface area (Å²) in [5.41, 5.74) is 1.58. The lowest BCUT2D eigenvalue weighted by Gasteiger charge is -2.34. The number of aromatic nitrogens is 1. The number of halogens is 1. The van der Waals surface area contributed by atoms with Crippen LogP contribution in [0.15, 0.2) is 42.5 Å². The van der Waals surface area contributed by atoms with Crippen LogP contribution in [0.2, 0.25) is 0 Å². The molecule has 0 atom stereocenters. The summed E-state index contributed by atoms with van der Waals surface area (Å²) in [5.74, 6) is -0.368. The standard InChI is InChI=1S/C20H18FN3O2S/c1-13(25)14-5-7-15(8-6-14)19(26)23-9-11-24(12-10-23)20-22-18-16(21)3-2-4-17(18)27-20/h2-8H,9-12H2,1H3. The van der Waals surface area contributed by atoms with Crippen LogP contribution in [0.4, 0.5) is 9.52 Å². The minimum Gasteiger partial charge on any atom is -0.345 e. The summed E-state index contributed by atoms with van der Waals surface area (Å²) in [7, 11) is 0.